The summed E-state index contributed by atoms with van der Waals surface area (Å²) in [6.07, 6.45) is 0. The van der Waals surface area contributed by atoms with E-state index >= 15 is 0 Å². The summed E-state index contributed by atoms with van der Waals surface area (Å²) in [4.78, 5) is 16.9. The van der Waals surface area contributed by atoms with E-state index in [-0.39, 0.29) is 18.3 Å². The third-order valence-corrected chi connectivity index (χ3v) is 4.53. The quantitative estimate of drug-likeness (QED) is 0.564. The largest absolute Gasteiger partial charge is 0.345 e. The Balaban J connectivity index is 1.62. The highest BCUT2D eigenvalue weighted by Crippen LogP contribution is 2.19. The average molecular weight is 377 g/mol. The Morgan fingerprint density at radius 1 is 0.929 bits per heavy atom. The zero-order valence-corrected chi connectivity index (χ0v) is 14.9. The summed E-state index contributed by atoms with van der Waals surface area (Å²) in [5.74, 6) is -0.408. The number of benzene rings is 3. The first kappa shape index (κ1) is 17.9. The van der Waals surface area contributed by atoms with E-state index in [1.165, 1.54) is 30.3 Å². The molecular weight excluding hydrogens is 360 g/mol. The van der Waals surface area contributed by atoms with E-state index < -0.39 is 5.82 Å². The summed E-state index contributed by atoms with van der Waals surface area (Å²) in [6.45, 7) is 0.467. The van der Waals surface area contributed by atoms with Gasteiger partial charge in [0.2, 0.25) is 0 Å². The Hall–Kier alpha value is -3.54. The number of halogens is 2. The van der Waals surface area contributed by atoms with Crippen molar-refractivity contribution in [3.8, 4) is 0 Å². The van der Waals surface area contributed by atoms with Gasteiger partial charge in [-0.1, -0.05) is 30.3 Å². The lowest BCUT2D eigenvalue weighted by Gasteiger charge is -2.11. The SMILES string of the molecule is O=C(NCc1nc2ccccc2n1Cc1ccccc1F)c1ccc(F)cc1. The Labute approximate surface area is 160 Å². The average Bonchev–Trinajstić information content (AvgIpc) is 3.06. The van der Waals surface area contributed by atoms with Crippen LogP contribution in [-0.4, -0.2) is 15.5 Å². The van der Waals surface area contributed by atoms with Crippen molar-refractivity contribution in [3.63, 3.8) is 0 Å². The summed E-state index contributed by atoms with van der Waals surface area (Å²) in [6, 6.07) is 19.5. The maximum Gasteiger partial charge on any atom is 0.251 e. The van der Waals surface area contributed by atoms with Crippen LogP contribution in [0.15, 0.2) is 72.8 Å². The summed E-state index contributed by atoms with van der Waals surface area (Å²) < 4.78 is 29.1. The van der Waals surface area contributed by atoms with Gasteiger partial charge in [0.15, 0.2) is 0 Å². The zero-order chi connectivity index (χ0) is 19.5. The molecule has 1 heterocycles. The lowest BCUT2D eigenvalue weighted by molar-refractivity contribution is 0.0949. The zero-order valence-electron chi connectivity index (χ0n) is 14.9. The molecule has 4 rings (SSSR count). The number of carbonyl (C=O) groups is 1. The molecule has 1 aromatic heterocycles. The minimum atomic E-state index is -0.400. The number of para-hydroxylation sites is 2. The molecule has 0 aliphatic rings. The van der Waals surface area contributed by atoms with Crippen molar-refractivity contribution < 1.29 is 13.6 Å². The molecular formula is C22H17F2N3O. The summed E-state index contributed by atoms with van der Waals surface area (Å²) in [5.41, 5.74) is 2.52. The molecule has 28 heavy (non-hydrogen) atoms. The van der Waals surface area contributed by atoms with E-state index in [1.54, 1.807) is 18.2 Å². The number of imidazole rings is 1. The third-order valence-electron chi connectivity index (χ3n) is 4.53. The number of aromatic nitrogens is 2. The molecule has 0 bridgehead atoms. The maximum atomic E-state index is 14.1. The predicted molar refractivity (Wildman–Crippen MR) is 103 cm³/mol. The number of fused-ring (bicyclic) bond motifs is 1. The van der Waals surface area contributed by atoms with Gasteiger partial charge in [-0.05, 0) is 42.5 Å². The number of amides is 1. The minimum Gasteiger partial charge on any atom is -0.345 e. The van der Waals surface area contributed by atoms with Crippen LogP contribution in [0.2, 0.25) is 0 Å². The molecule has 3 aromatic carbocycles. The number of carbonyl (C=O) groups excluding carboxylic acids is 1. The smallest absolute Gasteiger partial charge is 0.251 e. The lowest BCUT2D eigenvalue weighted by Crippen LogP contribution is -2.25. The van der Waals surface area contributed by atoms with Crippen molar-refractivity contribution in [2.24, 2.45) is 0 Å². The fourth-order valence-corrected chi connectivity index (χ4v) is 3.10. The Bertz CT molecular complexity index is 1140. The number of hydrogen-bond donors (Lipinski definition) is 1. The van der Waals surface area contributed by atoms with Crippen LogP contribution in [0.1, 0.15) is 21.7 Å². The van der Waals surface area contributed by atoms with Crippen LogP contribution in [0.3, 0.4) is 0 Å². The lowest BCUT2D eigenvalue weighted by atomic mass is 10.2. The van der Waals surface area contributed by atoms with Crippen LogP contribution in [0.5, 0.6) is 0 Å². The number of rotatable bonds is 5. The molecule has 0 atom stereocenters. The van der Waals surface area contributed by atoms with Crippen molar-refractivity contribution in [1.82, 2.24) is 14.9 Å². The molecule has 4 nitrogen and oxygen atoms in total. The Kier molecular flexibility index (Phi) is 4.85. The second-order valence-electron chi connectivity index (χ2n) is 6.38. The molecule has 6 heteroatoms. The molecule has 0 saturated heterocycles. The second kappa shape index (κ2) is 7.60. The fourth-order valence-electron chi connectivity index (χ4n) is 3.10. The third kappa shape index (κ3) is 3.62. The highest BCUT2D eigenvalue weighted by molar-refractivity contribution is 5.94. The molecule has 1 N–H and O–H groups in total. The molecule has 0 unspecified atom stereocenters. The molecule has 0 fully saturated rings. The van der Waals surface area contributed by atoms with Crippen LogP contribution in [0, 0.1) is 11.6 Å². The monoisotopic (exact) mass is 377 g/mol. The topological polar surface area (TPSA) is 46.9 Å². The van der Waals surface area contributed by atoms with Gasteiger partial charge in [0.05, 0.1) is 24.1 Å². The van der Waals surface area contributed by atoms with Gasteiger partial charge < -0.3 is 9.88 Å². The van der Waals surface area contributed by atoms with Gasteiger partial charge in [0.25, 0.3) is 5.91 Å². The Morgan fingerprint density at radius 3 is 2.43 bits per heavy atom. The number of nitrogens with zero attached hydrogens (tertiary/aromatic N) is 2. The van der Waals surface area contributed by atoms with Gasteiger partial charge in [0.1, 0.15) is 17.5 Å². The standard InChI is InChI=1S/C22H17F2N3O/c23-17-11-9-15(10-12-17)22(28)25-13-21-26-19-7-3-4-8-20(19)27(21)14-16-5-1-2-6-18(16)24/h1-12H,13-14H2,(H,25,28). The summed E-state index contributed by atoms with van der Waals surface area (Å²) >= 11 is 0. The van der Waals surface area contributed by atoms with E-state index in [0.29, 0.717) is 23.5 Å². The molecule has 0 saturated carbocycles. The van der Waals surface area contributed by atoms with Gasteiger partial charge in [-0.15, -0.1) is 0 Å². The predicted octanol–water partition coefficient (Wildman–Crippen LogP) is 4.29. The van der Waals surface area contributed by atoms with E-state index in [4.69, 9.17) is 0 Å². The van der Waals surface area contributed by atoms with Crippen LogP contribution in [0.4, 0.5) is 8.78 Å². The normalized spacial score (nSPS) is 10.9. The number of hydrogen-bond acceptors (Lipinski definition) is 2. The van der Waals surface area contributed by atoms with Crippen LogP contribution < -0.4 is 5.32 Å². The second-order valence-corrected chi connectivity index (χ2v) is 6.38. The van der Waals surface area contributed by atoms with E-state index in [2.05, 4.69) is 10.3 Å². The van der Waals surface area contributed by atoms with Gasteiger partial charge >= 0.3 is 0 Å². The van der Waals surface area contributed by atoms with E-state index in [9.17, 15) is 13.6 Å². The van der Waals surface area contributed by atoms with Crippen molar-refractivity contribution >= 4 is 16.9 Å². The van der Waals surface area contributed by atoms with Crippen LogP contribution >= 0.6 is 0 Å². The highest BCUT2D eigenvalue weighted by Gasteiger charge is 2.14. The number of nitrogens with one attached hydrogen (secondary N) is 1. The van der Waals surface area contributed by atoms with Crippen LogP contribution in [0.25, 0.3) is 11.0 Å². The van der Waals surface area contributed by atoms with Crippen molar-refractivity contribution in [1.29, 1.82) is 0 Å². The van der Waals surface area contributed by atoms with Crippen molar-refractivity contribution in [3.05, 3.63) is 101 Å². The first-order chi connectivity index (χ1) is 13.6. The van der Waals surface area contributed by atoms with Gasteiger partial charge in [-0.25, -0.2) is 13.8 Å². The molecule has 0 spiro atoms. The van der Waals surface area contributed by atoms with Crippen LogP contribution in [-0.2, 0) is 13.1 Å². The van der Waals surface area contributed by atoms with Gasteiger partial charge in [0, 0.05) is 11.1 Å². The van der Waals surface area contributed by atoms with Crippen molar-refractivity contribution in [2.45, 2.75) is 13.1 Å². The first-order valence-electron chi connectivity index (χ1n) is 8.83. The Morgan fingerprint density at radius 2 is 1.64 bits per heavy atom. The highest BCUT2D eigenvalue weighted by atomic mass is 19.1. The minimum absolute atomic E-state index is 0.166. The van der Waals surface area contributed by atoms with Crippen molar-refractivity contribution in [2.75, 3.05) is 0 Å². The first-order valence-corrected chi connectivity index (χ1v) is 8.83. The van der Waals surface area contributed by atoms with Gasteiger partial charge in [-0.3, -0.25) is 4.79 Å². The van der Waals surface area contributed by atoms with E-state index in [0.717, 1.165) is 11.0 Å². The van der Waals surface area contributed by atoms with Gasteiger partial charge in [-0.2, -0.15) is 0 Å². The molecule has 4 aromatic rings. The molecule has 0 aliphatic carbocycles. The maximum absolute atomic E-state index is 14.1. The summed E-state index contributed by atoms with van der Waals surface area (Å²) in [5, 5.41) is 2.80. The molecule has 1 amide bonds. The molecule has 0 radical (unpaired) electrons. The molecule has 140 valence electrons. The summed E-state index contributed by atoms with van der Waals surface area (Å²) in [7, 11) is 0. The fraction of sp³-hybridized carbons (Fsp3) is 0.0909. The van der Waals surface area contributed by atoms with E-state index in [1.807, 2.05) is 28.8 Å². The molecule has 0 aliphatic heterocycles.